The Morgan fingerprint density at radius 2 is 1.56 bits per heavy atom. The van der Waals surface area contributed by atoms with E-state index in [4.69, 9.17) is 0 Å². The fourth-order valence-electron chi connectivity index (χ4n) is 2.87. The first-order valence-electron chi connectivity index (χ1n) is 9.14. The molecule has 6 nitrogen and oxygen atoms in total. The summed E-state index contributed by atoms with van der Waals surface area (Å²) in [5.41, 5.74) is 1.09. The van der Waals surface area contributed by atoms with Gasteiger partial charge in [-0.2, -0.15) is 0 Å². The normalized spacial score (nSPS) is 12.4. The van der Waals surface area contributed by atoms with Crippen molar-refractivity contribution < 1.29 is 8.42 Å². The van der Waals surface area contributed by atoms with Crippen molar-refractivity contribution in [2.24, 2.45) is 4.99 Å². The third kappa shape index (κ3) is 9.75. The summed E-state index contributed by atoms with van der Waals surface area (Å²) < 4.78 is 23.0. The van der Waals surface area contributed by atoms with E-state index in [2.05, 4.69) is 48.2 Å². The number of nitrogens with one attached hydrogen (secondary N) is 2. The minimum Gasteiger partial charge on any atom is -0.356 e. The highest BCUT2D eigenvalue weighted by molar-refractivity contribution is 14.0. The highest BCUT2D eigenvalue weighted by atomic mass is 127. The number of sulfone groups is 1. The van der Waals surface area contributed by atoms with Crippen molar-refractivity contribution >= 4 is 39.8 Å². The number of nitrogens with zero attached hydrogens (tertiary/aromatic N) is 2. The molecule has 0 saturated heterocycles. The summed E-state index contributed by atoms with van der Waals surface area (Å²) >= 11 is 0. The molecular formula is C19H35IN4O2S. The lowest BCUT2D eigenvalue weighted by Crippen LogP contribution is -2.45. The van der Waals surface area contributed by atoms with E-state index in [0.717, 1.165) is 37.6 Å². The summed E-state index contributed by atoms with van der Waals surface area (Å²) in [6.07, 6.45) is 2.02. The molecule has 0 radical (unpaired) electrons. The zero-order chi connectivity index (χ0) is 19.7. The van der Waals surface area contributed by atoms with E-state index in [9.17, 15) is 8.42 Å². The number of guanidine groups is 1. The number of hydrogen-bond donors (Lipinski definition) is 2. The molecule has 8 heteroatoms. The number of aliphatic imine (C=N–C) groups is 1. The summed E-state index contributed by atoms with van der Waals surface area (Å²) in [7, 11) is -1.37. The molecule has 0 bridgehead atoms. The molecule has 1 aromatic rings. The zero-order valence-electron chi connectivity index (χ0n) is 17.3. The van der Waals surface area contributed by atoms with Gasteiger partial charge in [0.15, 0.2) is 15.8 Å². The molecule has 0 heterocycles. The molecule has 156 valence electrons. The van der Waals surface area contributed by atoms with Crippen molar-refractivity contribution in [3.8, 4) is 0 Å². The van der Waals surface area contributed by atoms with E-state index in [1.165, 1.54) is 6.26 Å². The SMILES string of the molecule is CN=C(NCCc1ccc(S(C)(=O)=O)cc1)NCCN(C(C)C)C(C)C.I. The van der Waals surface area contributed by atoms with Crippen LogP contribution >= 0.6 is 24.0 Å². The molecular weight excluding hydrogens is 475 g/mol. The van der Waals surface area contributed by atoms with Gasteiger partial charge in [0.1, 0.15) is 0 Å². The molecule has 0 amide bonds. The van der Waals surface area contributed by atoms with Crippen LogP contribution in [0.3, 0.4) is 0 Å². The van der Waals surface area contributed by atoms with Gasteiger partial charge < -0.3 is 10.6 Å². The Hall–Kier alpha value is -0.870. The molecule has 27 heavy (non-hydrogen) atoms. The van der Waals surface area contributed by atoms with E-state index in [1.54, 1.807) is 19.2 Å². The van der Waals surface area contributed by atoms with Crippen LogP contribution < -0.4 is 10.6 Å². The van der Waals surface area contributed by atoms with Gasteiger partial charge in [0.2, 0.25) is 0 Å². The van der Waals surface area contributed by atoms with Gasteiger partial charge in [0.05, 0.1) is 4.90 Å². The lowest BCUT2D eigenvalue weighted by molar-refractivity contribution is 0.178. The Balaban J connectivity index is 0.00000676. The Bertz CT molecular complexity index is 665. The fraction of sp³-hybridized carbons (Fsp3) is 0.632. The second-order valence-corrected chi connectivity index (χ2v) is 9.03. The van der Waals surface area contributed by atoms with Crippen molar-refractivity contribution in [3.05, 3.63) is 29.8 Å². The van der Waals surface area contributed by atoms with Crippen molar-refractivity contribution in [1.29, 1.82) is 0 Å². The van der Waals surface area contributed by atoms with Gasteiger partial charge in [-0.3, -0.25) is 9.89 Å². The van der Waals surface area contributed by atoms with Gasteiger partial charge >= 0.3 is 0 Å². The second kappa shape index (κ2) is 12.6. The number of hydrogen-bond acceptors (Lipinski definition) is 4. The maximum atomic E-state index is 11.5. The Morgan fingerprint density at radius 3 is 2.00 bits per heavy atom. The van der Waals surface area contributed by atoms with Crippen molar-refractivity contribution in [1.82, 2.24) is 15.5 Å². The summed E-state index contributed by atoms with van der Waals surface area (Å²) in [5.74, 6) is 0.783. The molecule has 0 atom stereocenters. The van der Waals surface area contributed by atoms with E-state index in [0.29, 0.717) is 17.0 Å². The predicted octanol–water partition coefficient (Wildman–Crippen LogP) is 2.53. The van der Waals surface area contributed by atoms with Crippen LogP contribution in [0.15, 0.2) is 34.2 Å². The maximum Gasteiger partial charge on any atom is 0.191 e. The minimum absolute atomic E-state index is 0. The first kappa shape index (κ1) is 26.1. The smallest absolute Gasteiger partial charge is 0.191 e. The summed E-state index contributed by atoms with van der Waals surface area (Å²) in [6, 6.07) is 8.06. The van der Waals surface area contributed by atoms with Gasteiger partial charge in [0.25, 0.3) is 0 Å². The van der Waals surface area contributed by atoms with E-state index >= 15 is 0 Å². The van der Waals surface area contributed by atoms with Crippen LogP contribution in [0.4, 0.5) is 0 Å². The van der Waals surface area contributed by atoms with Crippen LogP contribution in [0.25, 0.3) is 0 Å². The lowest BCUT2D eigenvalue weighted by Gasteiger charge is -2.30. The molecule has 1 rings (SSSR count). The standard InChI is InChI=1S/C19H34N4O2S.HI/c1-15(2)23(16(3)4)14-13-22-19(20-5)21-12-11-17-7-9-18(10-8-17)26(6,24)25;/h7-10,15-16H,11-14H2,1-6H3,(H2,20,21,22);1H. The van der Waals surface area contributed by atoms with Gasteiger partial charge in [0, 0.05) is 45.0 Å². The third-order valence-corrected chi connectivity index (χ3v) is 5.40. The largest absolute Gasteiger partial charge is 0.356 e. The first-order chi connectivity index (χ1) is 12.1. The highest BCUT2D eigenvalue weighted by Gasteiger charge is 2.12. The predicted molar refractivity (Wildman–Crippen MR) is 125 cm³/mol. The molecule has 0 fully saturated rings. The van der Waals surface area contributed by atoms with Crippen LogP contribution in [0, 0.1) is 0 Å². The average Bonchev–Trinajstić information content (AvgIpc) is 2.55. The minimum atomic E-state index is -3.14. The Morgan fingerprint density at radius 1 is 1.04 bits per heavy atom. The molecule has 0 aromatic heterocycles. The highest BCUT2D eigenvalue weighted by Crippen LogP contribution is 2.10. The van der Waals surface area contributed by atoms with Crippen LogP contribution in [0.2, 0.25) is 0 Å². The average molecular weight is 510 g/mol. The second-order valence-electron chi connectivity index (χ2n) is 7.02. The van der Waals surface area contributed by atoms with Crippen LogP contribution in [0.1, 0.15) is 33.3 Å². The number of halogens is 1. The van der Waals surface area contributed by atoms with E-state index in [-0.39, 0.29) is 24.0 Å². The molecule has 0 spiro atoms. The van der Waals surface area contributed by atoms with Crippen molar-refractivity contribution in [2.75, 3.05) is 32.9 Å². The van der Waals surface area contributed by atoms with Gasteiger partial charge in [-0.1, -0.05) is 12.1 Å². The molecule has 0 unspecified atom stereocenters. The van der Waals surface area contributed by atoms with Gasteiger partial charge in [-0.05, 0) is 51.8 Å². The van der Waals surface area contributed by atoms with Crippen LogP contribution in [-0.2, 0) is 16.3 Å². The molecule has 0 saturated carbocycles. The van der Waals surface area contributed by atoms with E-state index in [1.807, 2.05) is 12.1 Å². The molecule has 0 aliphatic rings. The molecule has 0 aliphatic heterocycles. The topological polar surface area (TPSA) is 73.8 Å². The van der Waals surface area contributed by atoms with Crippen LogP contribution in [0.5, 0.6) is 0 Å². The Labute approximate surface area is 182 Å². The molecule has 2 N–H and O–H groups in total. The first-order valence-corrected chi connectivity index (χ1v) is 11.0. The van der Waals surface area contributed by atoms with Crippen LogP contribution in [-0.4, -0.2) is 64.3 Å². The zero-order valence-corrected chi connectivity index (χ0v) is 20.5. The quantitative estimate of drug-likeness (QED) is 0.304. The molecule has 1 aromatic carbocycles. The number of rotatable bonds is 9. The Kier molecular flexibility index (Phi) is 12.2. The van der Waals surface area contributed by atoms with E-state index < -0.39 is 9.84 Å². The van der Waals surface area contributed by atoms with Crippen molar-refractivity contribution in [3.63, 3.8) is 0 Å². The molecule has 0 aliphatic carbocycles. The number of benzene rings is 1. The summed E-state index contributed by atoms with van der Waals surface area (Å²) in [6.45, 7) is 11.4. The summed E-state index contributed by atoms with van der Waals surface area (Å²) in [4.78, 5) is 7.04. The maximum absolute atomic E-state index is 11.5. The monoisotopic (exact) mass is 510 g/mol. The van der Waals surface area contributed by atoms with Gasteiger partial charge in [-0.15, -0.1) is 24.0 Å². The third-order valence-electron chi connectivity index (χ3n) is 4.27. The summed E-state index contributed by atoms with van der Waals surface area (Å²) in [5, 5.41) is 6.64. The van der Waals surface area contributed by atoms with Crippen molar-refractivity contribution in [2.45, 2.75) is 51.1 Å². The fourth-order valence-corrected chi connectivity index (χ4v) is 3.50. The van der Waals surface area contributed by atoms with Gasteiger partial charge in [-0.25, -0.2) is 8.42 Å². The lowest BCUT2D eigenvalue weighted by atomic mass is 10.1.